The van der Waals surface area contributed by atoms with Crippen molar-refractivity contribution in [1.82, 2.24) is 9.97 Å². The Morgan fingerprint density at radius 2 is 1.79 bits per heavy atom. The number of benzene rings is 2. The lowest BCUT2D eigenvalue weighted by Crippen LogP contribution is -2.29. The Kier molecular flexibility index (Phi) is 3.93. The summed E-state index contributed by atoms with van der Waals surface area (Å²) < 4.78 is 0. The van der Waals surface area contributed by atoms with Crippen LogP contribution in [0.5, 0.6) is 0 Å². The van der Waals surface area contributed by atoms with Crippen LogP contribution in [0, 0.1) is 17.8 Å². The first-order valence-corrected chi connectivity index (χ1v) is 9.67. The second-order valence-corrected chi connectivity index (χ2v) is 7.94. The smallest absolute Gasteiger partial charge is 0.251 e. The van der Waals surface area contributed by atoms with Gasteiger partial charge in [-0.2, -0.15) is 0 Å². The molecule has 2 aliphatic rings. The Hall–Kier alpha value is -3.15. The minimum Gasteiger partial charge on any atom is -0.374 e. The van der Waals surface area contributed by atoms with Gasteiger partial charge in [0, 0.05) is 44.8 Å². The Balaban J connectivity index is 1.21. The lowest BCUT2D eigenvalue weighted by Gasteiger charge is -2.24. The van der Waals surface area contributed by atoms with Crippen LogP contribution in [0.2, 0.25) is 0 Å². The molecular formula is C22H23N5O. The van der Waals surface area contributed by atoms with Crippen molar-refractivity contribution in [2.45, 2.75) is 0 Å². The van der Waals surface area contributed by atoms with Gasteiger partial charge in [0.25, 0.3) is 5.91 Å². The molecule has 2 heterocycles. The molecule has 2 atom stereocenters. The number of nitrogens with two attached hydrogens (primary N) is 1. The molecule has 6 nitrogen and oxygen atoms in total. The van der Waals surface area contributed by atoms with E-state index >= 15 is 0 Å². The normalized spacial score (nSPS) is 22.9. The topological polar surface area (TPSA) is 75.3 Å². The Morgan fingerprint density at radius 1 is 1.11 bits per heavy atom. The van der Waals surface area contributed by atoms with Crippen molar-refractivity contribution in [2.24, 2.45) is 23.5 Å². The summed E-state index contributed by atoms with van der Waals surface area (Å²) in [5.74, 6) is 2.31. The molecule has 0 bridgehead atoms. The quantitative estimate of drug-likeness (QED) is 0.744. The van der Waals surface area contributed by atoms with Gasteiger partial charge in [0.15, 0.2) is 0 Å². The van der Waals surface area contributed by atoms with Crippen LogP contribution in [0.1, 0.15) is 10.4 Å². The number of carbonyl (C=O) groups excluding carboxylic acids is 1. The highest BCUT2D eigenvalue weighted by Gasteiger charge is 2.56. The first-order chi connectivity index (χ1) is 13.6. The predicted molar refractivity (Wildman–Crippen MR) is 110 cm³/mol. The van der Waals surface area contributed by atoms with Gasteiger partial charge in [-0.05, 0) is 40.7 Å². The average molecular weight is 373 g/mol. The summed E-state index contributed by atoms with van der Waals surface area (Å²) >= 11 is 0. The summed E-state index contributed by atoms with van der Waals surface area (Å²) in [4.78, 5) is 24.3. The first kappa shape index (κ1) is 17.0. The molecule has 1 aliphatic heterocycles. The molecule has 28 heavy (non-hydrogen) atoms. The number of aromatic nitrogens is 2. The fourth-order valence-electron chi connectivity index (χ4n) is 4.53. The van der Waals surface area contributed by atoms with Crippen molar-refractivity contribution in [2.75, 3.05) is 36.5 Å². The van der Waals surface area contributed by atoms with Crippen LogP contribution < -0.4 is 15.5 Å². The van der Waals surface area contributed by atoms with Crippen molar-refractivity contribution in [3.05, 3.63) is 60.4 Å². The average Bonchev–Trinajstić information content (AvgIpc) is 3.15. The molecule has 1 aromatic heterocycles. The van der Waals surface area contributed by atoms with E-state index in [1.54, 1.807) is 0 Å². The van der Waals surface area contributed by atoms with E-state index in [-0.39, 0.29) is 0 Å². The van der Waals surface area contributed by atoms with Crippen LogP contribution in [0.15, 0.2) is 54.9 Å². The zero-order valence-corrected chi connectivity index (χ0v) is 15.8. The molecule has 2 unspecified atom stereocenters. The van der Waals surface area contributed by atoms with Crippen LogP contribution >= 0.6 is 0 Å². The van der Waals surface area contributed by atoms with Gasteiger partial charge in [0.2, 0.25) is 5.95 Å². The monoisotopic (exact) mass is 373 g/mol. The lowest BCUT2D eigenvalue weighted by molar-refractivity contribution is 0.0999. The molecule has 6 heteroatoms. The van der Waals surface area contributed by atoms with Gasteiger partial charge in [-0.25, -0.2) is 9.97 Å². The number of hydrogen-bond acceptors (Lipinski definition) is 5. The highest BCUT2D eigenvalue weighted by atomic mass is 16.1. The second kappa shape index (κ2) is 6.48. The highest BCUT2D eigenvalue weighted by Crippen LogP contribution is 2.52. The summed E-state index contributed by atoms with van der Waals surface area (Å²) in [5, 5.41) is 2.56. The molecule has 2 N–H and O–H groups in total. The maximum atomic E-state index is 11.2. The number of piperidine rings is 1. The number of anilines is 2. The standard InChI is InChI=1S/C22H23N5O/c1-26(17-7-6-14-4-2-3-5-15(14)8-17)11-18-19-12-27(13-20(18)19)22-24-9-16(10-25-22)21(23)28/h2-10,18-20H,11-13H2,1H3,(H2,23,28). The second-order valence-electron chi connectivity index (χ2n) is 7.94. The largest absolute Gasteiger partial charge is 0.374 e. The van der Waals surface area contributed by atoms with Gasteiger partial charge < -0.3 is 15.5 Å². The molecule has 3 aromatic rings. The summed E-state index contributed by atoms with van der Waals surface area (Å²) in [6.07, 6.45) is 3.03. The SMILES string of the molecule is CN(CC1C2CN(c3ncc(C(N)=O)cn3)CC12)c1ccc2ccccc2c1. The van der Waals surface area contributed by atoms with Crippen molar-refractivity contribution in [1.29, 1.82) is 0 Å². The van der Waals surface area contributed by atoms with Crippen LogP contribution in [-0.4, -0.2) is 42.6 Å². The van der Waals surface area contributed by atoms with Crippen LogP contribution in [0.4, 0.5) is 11.6 Å². The van der Waals surface area contributed by atoms with E-state index in [9.17, 15) is 4.79 Å². The van der Waals surface area contributed by atoms with Crippen molar-refractivity contribution >= 4 is 28.3 Å². The molecule has 1 saturated carbocycles. The number of amides is 1. The third-order valence-corrected chi connectivity index (χ3v) is 6.24. The van der Waals surface area contributed by atoms with E-state index in [2.05, 4.69) is 69.3 Å². The molecular weight excluding hydrogens is 350 g/mol. The molecule has 1 amide bonds. The Labute approximate surface area is 164 Å². The summed E-state index contributed by atoms with van der Waals surface area (Å²) in [5.41, 5.74) is 6.87. The van der Waals surface area contributed by atoms with Gasteiger partial charge in [-0.15, -0.1) is 0 Å². The van der Waals surface area contributed by atoms with E-state index in [0.29, 0.717) is 23.3 Å². The van der Waals surface area contributed by atoms with Gasteiger partial charge in [-0.1, -0.05) is 30.3 Å². The molecule has 2 aromatic carbocycles. The number of rotatable bonds is 5. The van der Waals surface area contributed by atoms with Crippen LogP contribution in [0.25, 0.3) is 10.8 Å². The molecule has 1 saturated heterocycles. The molecule has 1 aliphatic carbocycles. The number of nitrogens with zero attached hydrogens (tertiary/aromatic N) is 4. The van der Waals surface area contributed by atoms with E-state index < -0.39 is 5.91 Å². The number of primary amides is 1. The molecule has 2 fully saturated rings. The number of carbonyl (C=O) groups is 1. The zero-order chi connectivity index (χ0) is 19.3. The van der Waals surface area contributed by atoms with Crippen molar-refractivity contribution in [3.8, 4) is 0 Å². The summed E-state index contributed by atoms with van der Waals surface area (Å²) in [7, 11) is 2.18. The van der Waals surface area contributed by atoms with E-state index in [1.807, 2.05) is 0 Å². The molecule has 142 valence electrons. The minimum absolute atomic E-state index is 0.350. The minimum atomic E-state index is -0.493. The fourth-order valence-corrected chi connectivity index (χ4v) is 4.53. The fraction of sp³-hybridized carbons (Fsp3) is 0.318. The van der Waals surface area contributed by atoms with Gasteiger partial charge in [-0.3, -0.25) is 4.79 Å². The summed E-state index contributed by atoms with van der Waals surface area (Å²) in [6, 6.07) is 15.2. The van der Waals surface area contributed by atoms with Gasteiger partial charge >= 0.3 is 0 Å². The Morgan fingerprint density at radius 3 is 2.46 bits per heavy atom. The summed E-state index contributed by atoms with van der Waals surface area (Å²) in [6.45, 7) is 3.04. The molecule has 0 spiro atoms. The molecule has 5 rings (SSSR count). The van der Waals surface area contributed by atoms with E-state index in [4.69, 9.17) is 5.73 Å². The lowest BCUT2D eigenvalue weighted by atomic mass is 10.1. The molecule has 0 radical (unpaired) electrons. The maximum Gasteiger partial charge on any atom is 0.251 e. The highest BCUT2D eigenvalue weighted by molar-refractivity contribution is 5.92. The number of fused-ring (bicyclic) bond motifs is 2. The third-order valence-electron chi connectivity index (χ3n) is 6.24. The van der Waals surface area contributed by atoms with Gasteiger partial charge in [0.05, 0.1) is 5.56 Å². The van der Waals surface area contributed by atoms with Crippen molar-refractivity contribution < 1.29 is 4.79 Å². The number of hydrogen-bond donors (Lipinski definition) is 1. The Bertz CT molecular complexity index is 1020. The van der Waals surface area contributed by atoms with E-state index in [0.717, 1.165) is 25.6 Å². The first-order valence-electron chi connectivity index (χ1n) is 9.67. The third kappa shape index (κ3) is 2.95. The van der Waals surface area contributed by atoms with Crippen LogP contribution in [0.3, 0.4) is 0 Å². The predicted octanol–water partition coefficient (Wildman–Crippen LogP) is 2.55. The van der Waals surface area contributed by atoms with Gasteiger partial charge in [0.1, 0.15) is 0 Å². The maximum absolute atomic E-state index is 11.2. The van der Waals surface area contributed by atoms with Crippen LogP contribution in [-0.2, 0) is 0 Å². The zero-order valence-electron chi connectivity index (χ0n) is 15.8. The van der Waals surface area contributed by atoms with Crippen molar-refractivity contribution in [3.63, 3.8) is 0 Å². The van der Waals surface area contributed by atoms with E-state index in [1.165, 1.54) is 28.9 Å².